The summed E-state index contributed by atoms with van der Waals surface area (Å²) in [5.41, 5.74) is 1.36. The molecule has 2 heterocycles. The monoisotopic (exact) mass is 317 g/mol. The average Bonchev–Trinajstić information content (AvgIpc) is 2.96. The fourth-order valence-corrected chi connectivity index (χ4v) is 2.41. The maximum Gasteiger partial charge on any atom is 0.414 e. The lowest BCUT2D eigenvalue weighted by Gasteiger charge is -2.14. The van der Waals surface area contributed by atoms with Crippen LogP contribution in [0.1, 0.15) is 13.3 Å². The smallest absolute Gasteiger partial charge is 0.414 e. The van der Waals surface area contributed by atoms with Crippen molar-refractivity contribution in [1.29, 1.82) is 0 Å². The van der Waals surface area contributed by atoms with Crippen LogP contribution in [0.3, 0.4) is 0 Å². The summed E-state index contributed by atoms with van der Waals surface area (Å²) in [7, 11) is 1.46. The number of amides is 1. The second-order valence-corrected chi connectivity index (χ2v) is 5.15. The molecule has 23 heavy (non-hydrogen) atoms. The standard InChI is InChI=1S/C16H16FN3O3/c1-3-12-9-20(16(21)23-12)11-4-5-13(14(17)6-11)10-7-18-15(22-2)19-8-10/h4-8,12H,3,9H2,1-2H3/t12-/m0/s1. The van der Waals surface area contributed by atoms with E-state index in [2.05, 4.69) is 9.97 Å². The van der Waals surface area contributed by atoms with Crippen molar-refractivity contribution in [2.75, 3.05) is 18.6 Å². The third-order valence-corrected chi connectivity index (χ3v) is 3.72. The van der Waals surface area contributed by atoms with Crippen LogP contribution in [-0.4, -0.2) is 35.8 Å². The van der Waals surface area contributed by atoms with E-state index in [4.69, 9.17) is 9.47 Å². The normalized spacial score (nSPS) is 17.3. The van der Waals surface area contributed by atoms with Crippen molar-refractivity contribution in [1.82, 2.24) is 9.97 Å². The zero-order valence-corrected chi connectivity index (χ0v) is 12.8. The molecule has 2 aromatic rings. The molecule has 7 heteroatoms. The molecule has 1 atom stereocenters. The first-order valence-corrected chi connectivity index (χ1v) is 7.26. The molecular formula is C16H16FN3O3. The molecule has 0 unspecified atom stereocenters. The molecular weight excluding hydrogens is 301 g/mol. The third-order valence-electron chi connectivity index (χ3n) is 3.72. The Morgan fingerprint density at radius 1 is 1.39 bits per heavy atom. The van der Waals surface area contributed by atoms with E-state index in [-0.39, 0.29) is 12.1 Å². The van der Waals surface area contributed by atoms with E-state index < -0.39 is 11.9 Å². The Balaban J connectivity index is 1.87. The molecule has 1 saturated heterocycles. The van der Waals surface area contributed by atoms with E-state index in [9.17, 15) is 9.18 Å². The molecule has 1 aliphatic heterocycles. The molecule has 6 nitrogen and oxygen atoms in total. The van der Waals surface area contributed by atoms with Gasteiger partial charge in [0.2, 0.25) is 0 Å². The molecule has 1 fully saturated rings. The Bertz CT molecular complexity index is 721. The highest BCUT2D eigenvalue weighted by molar-refractivity contribution is 5.90. The SMILES string of the molecule is CC[C@H]1CN(c2ccc(-c3cnc(OC)nc3)c(F)c2)C(=O)O1. The van der Waals surface area contributed by atoms with Crippen LogP contribution >= 0.6 is 0 Å². The van der Waals surface area contributed by atoms with Gasteiger partial charge in [0.05, 0.1) is 19.3 Å². The number of benzene rings is 1. The zero-order chi connectivity index (χ0) is 16.4. The van der Waals surface area contributed by atoms with Gasteiger partial charge in [0.25, 0.3) is 0 Å². The number of cyclic esters (lactones) is 1. The van der Waals surface area contributed by atoms with Gasteiger partial charge in [0.15, 0.2) is 0 Å². The van der Waals surface area contributed by atoms with Crippen LogP contribution in [0.2, 0.25) is 0 Å². The van der Waals surface area contributed by atoms with Crippen molar-refractivity contribution in [3.63, 3.8) is 0 Å². The van der Waals surface area contributed by atoms with Gasteiger partial charge in [-0.2, -0.15) is 0 Å². The highest BCUT2D eigenvalue weighted by Gasteiger charge is 2.31. The summed E-state index contributed by atoms with van der Waals surface area (Å²) in [6, 6.07) is 4.82. The van der Waals surface area contributed by atoms with Crippen molar-refractivity contribution in [3.05, 3.63) is 36.4 Å². The zero-order valence-electron chi connectivity index (χ0n) is 12.8. The molecule has 0 N–H and O–H groups in total. The van der Waals surface area contributed by atoms with Gasteiger partial charge in [0.1, 0.15) is 11.9 Å². The van der Waals surface area contributed by atoms with E-state index in [1.54, 1.807) is 12.1 Å². The molecule has 1 aliphatic rings. The molecule has 0 bridgehead atoms. The Morgan fingerprint density at radius 3 is 2.70 bits per heavy atom. The number of ether oxygens (including phenoxy) is 2. The molecule has 0 radical (unpaired) electrons. The minimum absolute atomic E-state index is 0.153. The average molecular weight is 317 g/mol. The largest absolute Gasteiger partial charge is 0.467 e. The van der Waals surface area contributed by atoms with Crippen LogP contribution in [0.15, 0.2) is 30.6 Å². The maximum absolute atomic E-state index is 14.4. The van der Waals surface area contributed by atoms with Crippen LogP contribution < -0.4 is 9.64 Å². The van der Waals surface area contributed by atoms with Gasteiger partial charge in [-0.25, -0.2) is 19.2 Å². The number of nitrogens with zero attached hydrogens (tertiary/aromatic N) is 3. The highest BCUT2D eigenvalue weighted by atomic mass is 19.1. The summed E-state index contributed by atoms with van der Waals surface area (Å²) in [4.78, 5) is 21.2. The summed E-state index contributed by atoms with van der Waals surface area (Å²) in [5, 5.41) is 0. The molecule has 3 rings (SSSR count). The summed E-state index contributed by atoms with van der Waals surface area (Å²) in [6.45, 7) is 2.37. The number of anilines is 1. The molecule has 120 valence electrons. The Morgan fingerprint density at radius 2 is 2.13 bits per heavy atom. The quantitative estimate of drug-likeness (QED) is 0.867. The van der Waals surface area contributed by atoms with Crippen LogP contribution in [0.4, 0.5) is 14.9 Å². The van der Waals surface area contributed by atoms with Crippen molar-refractivity contribution in [2.24, 2.45) is 0 Å². The van der Waals surface area contributed by atoms with Crippen molar-refractivity contribution >= 4 is 11.8 Å². The van der Waals surface area contributed by atoms with Crippen LogP contribution in [0.25, 0.3) is 11.1 Å². The fraction of sp³-hybridized carbons (Fsp3) is 0.312. The number of hydrogen-bond acceptors (Lipinski definition) is 5. The Labute approximate surface area is 132 Å². The molecule has 1 amide bonds. The third kappa shape index (κ3) is 2.94. The summed E-state index contributed by atoms with van der Waals surface area (Å²) in [5.74, 6) is -0.455. The van der Waals surface area contributed by atoms with Gasteiger partial charge in [-0.1, -0.05) is 6.92 Å². The summed E-state index contributed by atoms with van der Waals surface area (Å²) >= 11 is 0. The highest BCUT2D eigenvalue weighted by Crippen LogP contribution is 2.29. The number of halogens is 1. The number of carbonyl (C=O) groups excluding carboxylic acids is 1. The van der Waals surface area contributed by atoms with Gasteiger partial charge in [-0.15, -0.1) is 0 Å². The summed E-state index contributed by atoms with van der Waals surface area (Å²) in [6.07, 6.45) is 3.10. The minimum Gasteiger partial charge on any atom is -0.467 e. The lowest BCUT2D eigenvalue weighted by molar-refractivity contribution is 0.139. The number of methoxy groups -OCH3 is 1. The van der Waals surface area contributed by atoms with E-state index >= 15 is 0 Å². The number of carbonyl (C=O) groups is 1. The maximum atomic E-state index is 14.4. The van der Waals surface area contributed by atoms with Gasteiger partial charge >= 0.3 is 12.1 Å². The molecule has 0 spiro atoms. The van der Waals surface area contributed by atoms with E-state index in [1.807, 2.05) is 6.92 Å². The Kier molecular flexibility index (Phi) is 4.10. The van der Waals surface area contributed by atoms with Crippen molar-refractivity contribution in [3.8, 4) is 17.1 Å². The second kappa shape index (κ2) is 6.20. The number of aromatic nitrogens is 2. The predicted molar refractivity (Wildman–Crippen MR) is 81.9 cm³/mol. The number of rotatable bonds is 4. The van der Waals surface area contributed by atoms with E-state index in [0.717, 1.165) is 6.42 Å². The molecule has 0 saturated carbocycles. The van der Waals surface area contributed by atoms with Crippen LogP contribution in [0, 0.1) is 5.82 Å². The first-order chi connectivity index (χ1) is 11.1. The van der Waals surface area contributed by atoms with E-state index in [1.165, 1.54) is 30.5 Å². The second-order valence-electron chi connectivity index (χ2n) is 5.15. The first-order valence-electron chi connectivity index (χ1n) is 7.26. The topological polar surface area (TPSA) is 64.5 Å². The molecule has 1 aromatic carbocycles. The van der Waals surface area contributed by atoms with Crippen LogP contribution in [-0.2, 0) is 4.74 Å². The van der Waals surface area contributed by atoms with Gasteiger partial charge in [0, 0.05) is 23.5 Å². The lowest BCUT2D eigenvalue weighted by atomic mass is 10.1. The lowest BCUT2D eigenvalue weighted by Crippen LogP contribution is -2.24. The van der Waals surface area contributed by atoms with E-state index in [0.29, 0.717) is 23.4 Å². The minimum atomic E-state index is -0.455. The van der Waals surface area contributed by atoms with Crippen molar-refractivity contribution < 1.29 is 18.7 Å². The van der Waals surface area contributed by atoms with Gasteiger partial charge in [-0.05, 0) is 24.6 Å². The van der Waals surface area contributed by atoms with Gasteiger partial charge < -0.3 is 9.47 Å². The first kappa shape index (κ1) is 15.2. The summed E-state index contributed by atoms with van der Waals surface area (Å²) < 4.78 is 24.5. The molecule has 0 aliphatic carbocycles. The fourth-order valence-electron chi connectivity index (χ4n) is 2.41. The van der Waals surface area contributed by atoms with Crippen LogP contribution in [0.5, 0.6) is 6.01 Å². The van der Waals surface area contributed by atoms with Crippen molar-refractivity contribution in [2.45, 2.75) is 19.4 Å². The Hall–Kier alpha value is -2.70. The molecule has 1 aromatic heterocycles. The predicted octanol–water partition coefficient (Wildman–Crippen LogP) is 3.03. The number of hydrogen-bond donors (Lipinski definition) is 0. The van der Waals surface area contributed by atoms with Gasteiger partial charge in [-0.3, -0.25) is 4.90 Å².